The molecule has 0 aliphatic rings. The molecular formula is C24H24F3N5O3S2. The molecule has 0 fully saturated rings. The summed E-state index contributed by atoms with van der Waals surface area (Å²) in [4.78, 5) is 16.7. The number of nitrogens with one attached hydrogen (secondary N) is 1. The fraction of sp³-hybridized carbons (Fsp3) is 0.292. The van der Waals surface area contributed by atoms with Crippen LogP contribution >= 0.6 is 11.8 Å². The third-order valence-electron chi connectivity index (χ3n) is 5.48. The summed E-state index contributed by atoms with van der Waals surface area (Å²) in [7, 11) is -2.25. The lowest BCUT2D eigenvalue weighted by Gasteiger charge is -2.21. The number of alkyl halides is 2. The van der Waals surface area contributed by atoms with Crippen LogP contribution in [0.3, 0.4) is 0 Å². The molecule has 4 aromatic rings. The van der Waals surface area contributed by atoms with Gasteiger partial charge in [-0.05, 0) is 42.3 Å². The third-order valence-corrected chi connectivity index (χ3v) is 7.54. The summed E-state index contributed by atoms with van der Waals surface area (Å²) >= 11 is 1.34. The Morgan fingerprint density at radius 3 is 2.41 bits per heavy atom. The maximum atomic E-state index is 13.7. The number of anilines is 1. The molecule has 1 N–H and O–H groups in total. The second kappa shape index (κ2) is 10.6. The molecule has 13 heteroatoms. The molecule has 0 radical (unpaired) electrons. The molecule has 2 aromatic heterocycles. The molecule has 37 heavy (non-hydrogen) atoms. The van der Waals surface area contributed by atoms with Crippen molar-refractivity contribution in [3.63, 3.8) is 0 Å². The quantitative estimate of drug-likeness (QED) is 0.271. The van der Waals surface area contributed by atoms with Crippen molar-refractivity contribution in [2.45, 2.75) is 37.3 Å². The Balaban J connectivity index is 1.76. The van der Waals surface area contributed by atoms with Gasteiger partial charge in [0.2, 0.25) is 16.0 Å². The molecule has 2 heterocycles. The summed E-state index contributed by atoms with van der Waals surface area (Å²) in [6, 6.07) is 10.2. The lowest BCUT2D eigenvalue weighted by atomic mass is 9.99. The molecule has 0 aliphatic heterocycles. The predicted octanol–water partition coefficient (Wildman–Crippen LogP) is 5.57. The average Bonchev–Trinajstić information content (AvgIpc) is 3.23. The van der Waals surface area contributed by atoms with E-state index in [1.807, 2.05) is 13.8 Å². The van der Waals surface area contributed by atoms with Gasteiger partial charge in [0.1, 0.15) is 11.6 Å². The topological polar surface area (TPSA) is 101 Å². The van der Waals surface area contributed by atoms with Gasteiger partial charge in [0.15, 0.2) is 5.16 Å². The highest BCUT2D eigenvalue weighted by Crippen LogP contribution is 2.35. The number of hydrogen-bond acceptors (Lipinski definition) is 7. The van der Waals surface area contributed by atoms with E-state index < -0.39 is 22.5 Å². The number of aromatic amines is 1. The second-order valence-electron chi connectivity index (χ2n) is 8.52. The van der Waals surface area contributed by atoms with Crippen LogP contribution in [0, 0.1) is 5.82 Å². The zero-order chi connectivity index (χ0) is 26.9. The SMILES string of the molecule is CC(C)c1nc(N(C)S(C)(=O)=O)nc(-c2ccc(F)cc2)c1CSc1nc2ccc(OC(F)F)cc2[nH]1. The smallest absolute Gasteiger partial charge is 0.387 e. The van der Waals surface area contributed by atoms with Crippen molar-refractivity contribution in [3.05, 3.63) is 59.5 Å². The summed E-state index contributed by atoms with van der Waals surface area (Å²) in [6.45, 7) is 0.931. The zero-order valence-electron chi connectivity index (χ0n) is 20.4. The van der Waals surface area contributed by atoms with Crippen LogP contribution in [-0.4, -0.2) is 48.3 Å². The van der Waals surface area contributed by atoms with E-state index >= 15 is 0 Å². The van der Waals surface area contributed by atoms with Gasteiger partial charge in [0.05, 0.1) is 28.7 Å². The first-order valence-corrected chi connectivity index (χ1v) is 13.9. The van der Waals surface area contributed by atoms with Gasteiger partial charge in [-0.3, -0.25) is 0 Å². The zero-order valence-corrected chi connectivity index (χ0v) is 22.0. The summed E-state index contributed by atoms with van der Waals surface area (Å²) in [5.41, 5.74) is 3.55. The molecule has 196 valence electrons. The molecule has 0 amide bonds. The van der Waals surface area contributed by atoms with Crippen LogP contribution in [0.25, 0.3) is 22.3 Å². The Labute approximate surface area is 216 Å². The monoisotopic (exact) mass is 551 g/mol. The first-order chi connectivity index (χ1) is 17.4. The number of sulfonamides is 1. The van der Waals surface area contributed by atoms with Gasteiger partial charge < -0.3 is 9.72 Å². The minimum Gasteiger partial charge on any atom is -0.435 e. The maximum Gasteiger partial charge on any atom is 0.387 e. The minimum absolute atomic E-state index is 0.00886. The molecule has 4 rings (SSSR count). The molecule has 0 saturated heterocycles. The van der Waals surface area contributed by atoms with E-state index in [0.29, 0.717) is 38.9 Å². The van der Waals surface area contributed by atoms with Gasteiger partial charge in [0.25, 0.3) is 0 Å². The van der Waals surface area contributed by atoms with Crippen LogP contribution in [0.4, 0.5) is 19.1 Å². The fourth-order valence-electron chi connectivity index (χ4n) is 3.59. The number of halogens is 3. The van der Waals surface area contributed by atoms with Crippen molar-refractivity contribution in [3.8, 4) is 17.0 Å². The molecule has 0 unspecified atom stereocenters. The van der Waals surface area contributed by atoms with Crippen molar-refractivity contribution in [1.29, 1.82) is 0 Å². The number of ether oxygens (including phenoxy) is 1. The standard InChI is InChI=1S/C24H24F3N5O3S2/c1-13(2)20-17(12-36-24-28-18-10-9-16(35-22(26)27)11-19(18)29-24)21(14-5-7-15(25)8-6-14)31-23(30-20)32(3)37(4,33)34/h5-11,13,22H,12H2,1-4H3,(H,28,29). The van der Waals surface area contributed by atoms with Gasteiger partial charge in [0, 0.05) is 30.0 Å². The van der Waals surface area contributed by atoms with E-state index in [2.05, 4.69) is 24.7 Å². The predicted molar refractivity (Wildman–Crippen MR) is 137 cm³/mol. The first kappa shape index (κ1) is 26.7. The van der Waals surface area contributed by atoms with Gasteiger partial charge in [-0.15, -0.1) is 0 Å². The number of nitrogens with zero attached hydrogens (tertiary/aromatic N) is 4. The lowest BCUT2D eigenvalue weighted by Crippen LogP contribution is -2.27. The highest BCUT2D eigenvalue weighted by molar-refractivity contribution is 7.98. The number of hydrogen-bond donors (Lipinski definition) is 1. The van der Waals surface area contributed by atoms with Crippen LogP contribution in [0.15, 0.2) is 47.6 Å². The van der Waals surface area contributed by atoms with Gasteiger partial charge >= 0.3 is 6.61 Å². The molecule has 0 saturated carbocycles. The first-order valence-electron chi connectivity index (χ1n) is 11.1. The Hall–Kier alpha value is -3.32. The Bertz CT molecular complexity index is 1530. The number of rotatable bonds is 9. The maximum absolute atomic E-state index is 13.7. The molecule has 0 atom stereocenters. The van der Waals surface area contributed by atoms with E-state index in [1.165, 1.54) is 43.1 Å². The van der Waals surface area contributed by atoms with Crippen molar-refractivity contribution in [2.24, 2.45) is 0 Å². The summed E-state index contributed by atoms with van der Waals surface area (Å²) in [6.07, 6.45) is 1.06. The van der Waals surface area contributed by atoms with Crippen LogP contribution in [0.5, 0.6) is 5.75 Å². The van der Waals surface area contributed by atoms with Crippen molar-refractivity contribution in [2.75, 3.05) is 17.6 Å². The highest BCUT2D eigenvalue weighted by atomic mass is 32.2. The van der Waals surface area contributed by atoms with E-state index in [1.54, 1.807) is 18.2 Å². The largest absolute Gasteiger partial charge is 0.435 e. The summed E-state index contributed by atoms with van der Waals surface area (Å²) in [5, 5.41) is 0.529. The average molecular weight is 552 g/mol. The fourth-order valence-corrected chi connectivity index (χ4v) is 4.88. The van der Waals surface area contributed by atoms with Crippen LogP contribution in [0.1, 0.15) is 31.0 Å². The van der Waals surface area contributed by atoms with Gasteiger partial charge in [-0.2, -0.15) is 8.78 Å². The van der Waals surface area contributed by atoms with Crippen molar-refractivity contribution >= 4 is 38.8 Å². The molecule has 2 aromatic carbocycles. The number of H-pyrrole nitrogens is 1. The van der Waals surface area contributed by atoms with E-state index in [0.717, 1.165) is 16.1 Å². The number of benzene rings is 2. The summed E-state index contributed by atoms with van der Waals surface area (Å²) < 4.78 is 68.6. The number of imidazole rings is 1. The Morgan fingerprint density at radius 1 is 1.08 bits per heavy atom. The lowest BCUT2D eigenvalue weighted by molar-refractivity contribution is -0.0497. The van der Waals surface area contributed by atoms with E-state index in [9.17, 15) is 21.6 Å². The van der Waals surface area contributed by atoms with Crippen LogP contribution < -0.4 is 9.04 Å². The number of fused-ring (bicyclic) bond motifs is 1. The van der Waals surface area contributed by atoms with Gasteiger partial charge in [-0.1, -0.05) is 25.6 Å². The Kier molecular flexibility index (Phi) is 7.64. The van der Waals surface area contributed by atoms with Crippen molar-refractivity contribution < 1.29 is 26.3 Å². The molecular weight excluding hydrogens is 527 g/mol. The van der Waals surface area contributed by atoms with Crippen LogP contribution in [-0.2, 0) is 15.8 Å². The minimum atomic E-state index is -3.63. The van der Waals surface area contributed by atoms with E-state index in [-0.39, 0.29) is 17.6 Å². The van der Waals surface area contributed by atoms with Crippen molar-refractivity contribution in [1.82, 2.24) is 19.9 Å². The molecule has 0 aliphatic carbocycles. The van der Waals surface area contributed by atoms with Gasteiger partial charge in [-0.25, -0.2) is 32.1 Å². The summed E-state index contributed by atoms with van der Waals surface area (Å²) in [5.74, 6) is -0.126. The number of thioether (sulfide) groups is 1. The second-order valence-corrected chi connectivity index (χ2v) is 11.5. The Morgan fingerprint density at radius 2 is 1.78 bits per heavy atom. The normalized spacial score (nSPS) is 12.0. The molecule has 8 nitrogen and oxygen atoms in total. The number of aromatic nitrogens is 4. The molecule has 0 bridgehead atoms. The third kappa shape index (κ3) is 6.16. The van der Waals surface area contributed by atoms with Crippen LogP contribution in [0.2, 0.25) is 0 Å². The van der Waals surface area contributed by atoms with E-state index in [4.69, 9.17) is 0 Å². The molecule has 0 spiro atoms. The highest BCUT2D eigenvalue weighted by Gasteiger charge is 2.23.